The predicted octanol–water partition coefficient (Wildman–Crippen LogP) is 6.69. The molecule has 0 saturated carbocycles. The summed E-state index contributed by atoms with van der Waals surface area (Å²) >= 11 is 0. The summed E-state index contributed by atoms with van der Waals surface area (Å²) in [6, 6.07) is 0. The van der Waals surface area contributed by atoms with Crippen molar-refractivity contribution in [2.24, 2.45) is 21.7 Å². The van der Waals surface area contributed by atoms with Crippen molar-refractivity contribution in [2.45, 2.75) is 108 Å². The third-order valence-electron chi connectivity index (χ3n) is 3.43. The molecule has 0 fully saturated rings. The smallest absolute Gasteiger partial charge is 0.0593 e. The van der Waals surface area contributed by atoms with Crippen molar-refractivity contribution < 1.29 is 5.11 Å². The van der Waals surface area contributed by atoms with Crippen molar-refractivity contribution >= 4 is 0 Å². The van der Waals surface area contributed by atoms with Crippen molar-refractivity contribution in [2.75, 3.05) is 0 Å². The molecule has 0 heterocycles. The molecule has 0 radical (unpaired) electrons. The quantitative estimate of drug-likeness (QED) is 0.602. The Morgan fingerprint density at radius 3 is 0.952 bits per heavy atom. The van der Waals surface area contributed by atoms with E-state index in [1.165, 1.54) is 12.8 Å². The Labute approximate surface area is 135 Å². The fourth-order valence-electron chi connectivity index (χ4n) is 1.64. The molecule has 1 atom stereocenters. The van der Waals surface area contributed by atoms with Crippen LogP contribution in [0.1, 0.15) is 102 Å². The molecule has 0 saturated heterocycles. The SMILES string of the molecule is CC(C)(C)CCC(C)(C)C.CC(C)(C)C[C@@H](O)C(C)(C)C. The molecule has 0 aliphatic heterocycles. The lowest BCUT2D eigenvalue weighted by atomic mass is 9.79. The molecule has 130 valence electrons. The van der Waals surface area contributed by atoms with Gasteiger partial charge in [0.25, 0.3) is 0 Å². The van der Waals surface area contributed by atoms with Gasteiger partial charge >= 0.3 is 0 Å². The topological polar surface area (TPSA) is 20.2 Å². The Morgan fingerprint density at radius 2 is 0.857 bits per heavy atom. The minimum absolute atomic E-state index is 0.0211. The number of rotatable bonds is 2. The number of hydrogen-bond acceptors (Lipinski definition) is 1. The molecule has 1 nitrogen and oxygen atoms in total. The van der Waals surface area contributed by atoms with Crippen LogP contribution in [0.5, 0.6) is 0 Å². The second kappa shape index (κ2) is 7.99. The molecule has 0 aromatic heterocycles. The highest BCUT2D eigenvalue weighted by Gasteiger charge is 2.26. The van der Waals surface area contributed by atoms with Crippen LogP contribution in [0.2, 0.25) is 0 Å². The average molecular weight is 301 g/mol. The van der Waals surface area contributed by atoms with Gasteiger partial charge in [0.15, 0.2) is 0 Å². The first kappa shape index (κ1) is 23.2. The summed E-state index contributed by atoms with van der Waals surface area (Å²) in [6.45, 7) is 26.5. The fourth-order valence-corrected chi connectivity index (χ4v) is 1.64. The Hall–Kier alpha value is -0.0400. The molecule has 1 heteroatoms. The van der Waals surface area contributed by atoms with Crippen LogP contribution in [0.15, 0.2) is 0 Å². The van der Waals surface area contributed by atoms with Gasteiger partial charge in [-0.3, -0.25) is 0 Å². The third kappa shape index (κ3) is 20.0. The lowest BCUT2D eigenvalue weighted by molar-refractivity contribution is 0.0284. The summed E-state index contributed by atoms with van der Waals surface area (Å²) in [7, 11) is 0. The van der Waals surface area contributed by atoms with Gasteiger partial charge in [-0.25, -0.2) is 0 Å². The van der Waals surface area contributed by atoms with Gasteiger partial charge in [-0.15, -0.1) is 0 Å². The van der Waals surface area contributed by atoms with Gasteiger partial charge < -0.3 is 5.11 Å². The van der Waals surface area contributed by atoms with E-state index in [4.69, 9.17) is 0 Å². The van der Waals surface area contributed by atoms with Gasteiger partial charge in [0.1, 0.15) is 0 Å². The normalized spacial score (nSPS) is 15.3. The van der Waals surface area contributed by atoms with Gasteiger partial charge in [0, 0.05) is 0 Å². The van der Waals surface area contributed by atoms with E-state index < -0.39 is 0 Å². The first-order chi connectivity index (χ1) is 8.83. The summed E-state index contributed by atoms with van der Waals surface area (Å²) in [5, 5.41) is 9.72. The van der Waals surface area contributed by atoms with Crippen LogP contribution >= 0.6 is 0 Å². The van der Waals surface area contributed by atoms with Gasteiger partial charge in [-0.05, 0) is 40.9 Å². The van der Waals surface area contributed by atoms with Crippen LogP contribution in [0.3, 0.4) is 0 Å². The number of aliphatic hydroxyl groups excluding tert-OH is 1. The molecule has 0 aromatic rings. The van der Waals surface area contributed by atoms with E-state index in [0.29, 0.717) is 10.8 Å². The van der Waals surface area contributed by atoms with Crippen LogP contribution in [0, 0.1) is 21.7 Å². The highest BCUT2D eigenvalue weighted by Crippen LogP contribution is 2.30. The monoisotopic (exact) mass is 300 g/mol. The molecule has 0 spiro atoms. The first-order valence-corrected chi connectivity index (χ1v) is 8.52. The third-order valence-corrected chi connectivity index (χ3v) is 3.43. The van der Waals surface area contributed by atoms with Crippen molar-refractivity contribution in [1.29, 1.82) is 0 Å². The summed E-state index contributed by atoms with van der Waals surface area (Å²) in [4.78, 5) is 0. The summed E-state index contributed by atoms with van der Waals surface area (Å²) in [5.74, 6) is 0. The zero-order chi connectivity index (χ0) is 17.7. The van der Waals surface area contributed by atoms with E-state index >= 15 is 0 Å². The molecule has 0 aliphatic rings. The van der Waals surface area contributed by atoms with Gasteiger partial charge in [-0.1, -0.05) is 83.1 Å². The van der Waals surface area contributed by atoms with Crippen LogP contribution in [-0.2, 0) is 0 Å². The number of hydrogen-bond donors (Lipinski definition) is 1. The summed E-state index contributed by atoms with van der Waals surface area (Å²) in [5.41, 5.74) is 1.26. The summed E-state index contributed by atoms with van der Waals surface area (Å²) in [6.07, 6.45) is 3.34. The van der Waals surface area contributed by atoms with Crippen molar-refractivity contribution in [3.63, 3.8) is 0 Å². The maximum atomic E-state index is 9.72. The van der Waals surface area contributed by atoms with E-state index in [2.05, 4.69) is 83.1 Å². The second-order valence-corrected chi connectivity index (χ2v) is 11.3. The lowest BCUT2D eigenvalue weighted by Crippen LogP contribution is -2.30. The molecular formula is C20H44O. The maximum absolute atomic E-state index is 9.72. The van der Waals surface area contributed by atoms with Crippen LogP contribution in [0.4, 0.5) is 0 Å². The van der Waals surface area contributed by atoms with Gasteiger partial charge in [0.05, 0.1) is 6.10 Å². The average Bonchev–Trinajstić information content (AvgIpc) is 2.09. The van der Waals surface area contributed by atoms with Crippen LogP contribution < -0.4 is 0 Å². The molecule has 0 amide bonds. The number of aliphatic hydroxyl groups is 1. The van der Waals surface area contributed by atoms with Crippen LogP contribution in [0.25, 0.3) is 0 Å². The van der Waals surface area contributed by atoms with Crippen LogP contribution in [-0.4, -0.2) is 11.2 Å². The molecule has 1 N–H and O–H groups in total. The van der Waals surface area contributed by atoms with E-state index in [0.717, 1.165) is 6.42 Å². The standard InChI is InChI=1S/C10H22O.C10H22/c1-9(2,3)7-8(11)10(4,5)6;1-9(2,3)7-8-10(4,5)6/h8,11H,7H2,1-6H3;7-8H2,1-6H3/t8-;/m1./s1. The molecule has 0 aliphatic carbocycles. The van der Waals surface area contributed by atoms with E-state index in [1.54, 1.807) is 0 Å². The van der Waals surface area contributed by atoms with Crippen molar-refractivity contribution in [3.8, 4) is 0 Å². The Kier molecular flexibility index (Phi) is 8.84. The predicted molar refractivity (Wildman–Crippen MR) is 97.7 cm³/mol. The highest BCUT2D eigenvalue weighted by molar-refractivity contribution is 4.77. The minimum atomic E-state index is -0.192. The highest BCUT2D eigenvalue weighted by atomic mass is 16.3. The lowest BCUT2D eigenvalue weighted by Gasteiger charge is -2.31. The summed E-state index contributed by atoms with van der Waals surface area (Å²) < 4.78 is 0. The fraction of sp³-hybridized carbons (Fsp3) is 1.00. The Morgan fingerprint density at radius 1 is 0.571 bits per heavy atom. The maximum Gasteiger partial charge on any atom is 0.0593 e. The molecule has 0 aromatic carbocycles. The molecule has 0 bridgehead atoms. The molecule has 21 heavy (non-hydrogen) atoms. The molecular weight excluding hydrogens is 256 g/mol. The van der Waals surface area contributed by atoms with Crippen molar-refractivity contribution in [1.82, 2.24) is 0 Å². The molecule has 0 unspecified atom stereocenters. The molecule has 0 rings (SSSR count). The minimum Gasteiger partial charge on any atom is -0.393 e. The Bertz CT molecular complexity index is 248. The Balaban J connectivity index is 0. The van der Waals surface area contributed by atoms with E-state index in [-0.39, 0.29) is 16.9 Å². The van der Waals surface area contributed by atoms with E-state index in [9.17, 15) is 5.11 Å². The van der Waals surface area contributed by atoms with Gasteiger partial charge in [0.2, 0.25) is 0 Å². The zero-order valence-electron chi connectivity index (χ0n) is 17.1. The van der Waals surface area contributed by atoms with Crippen molar-refractivity contribution in [3.05, 3.63) is 0 Å². The largest absolute Gasteiger partial charge is 0.393 e. The van der Waals surface area contributed by atoms with Gasteiger partial charge in [-0.2, -0.15) is 0 Å². The van der Waals surface area contributed by atoms with E-state index in [1.807, 2.05) is 0 Å². The zero-order valence-corrected chi connectivity index (χ0v) is 17.1. The second-order valence-electron chi connectivity index (χ2n) is 11.3. The first-order valence-electron chi connectivity index (χ1n) is 8.52.